The molecule has 0 atom stereocenters. The molecule has 1 aliphatic heterocycles. The molecule has 3 aromatic rings. The quantitative estimate of drug-likeness (QED) is 0.410. The number of benzene rings is 3. The predicted octanol–water partition coefficient (Wildman–Crippen LogP) is 3.47. The summed E-state index contributed by atoms with van der Waals surface area (Å²) >= 11 is 0. The highest BCUT2D eigenvalue weighted by Gasteiger charge is 2.28. The average molecular weight is 523 g/mol. The van der Waals surface area contributed by atoms with E-state index in [0.29, 0.717) is 18.0 Å². The lowest BCUT2D eigenvalue weighted by atomic mass is 10.2. The molecule has 194 valence electrons. The fourth-order valence-corrected chi connectivity index (χ4v) is 5.32. The van der Waals surface area contributed by atoms with Crippen LogP contribution in [-0.2, 0) is 14.8 Å². The zero-order valence-corrected chi connectivity index (χ0v) is 21.4. The van der Waals surface area contributed by atoms with Crippen molar-refractivity contribution < 1.29 is 22.8 Å². The number of anilines is 1. The van der Waals surface area contributed by atoms with Gasteiger partial charge in [-0.2, -0.15) is 8.42 Å². The first-order valence-corrected chi connectivity index (χ1v) is 13.6. The lowest BCUT2D eigenvalue weighted by molar-refractivity contribution is -0.145. The molecule has 0 saturated carbocycles. The van der Waals surface area contributed by atoms with Crippen LogP contribution in [0.15, 0.2) is 89.8 Å². The van der Waals surface area contributed by atoms with Gasteiger partial charge in [-0.1, -0.05) is 40.9 Å². The number of nitrogens with one attached hydrogen (secondary N) is 1. The predicted molar refractivity (Wildman–Crippen MR) is 140 cm³/mol. The van der Waals surface area contributed by atoms with Crippen molar-refractivity contribution in [2.45, 2.75) is 24.7 Å². The van der Waals surface area contributed by atoms with Gasteiger partial charge >= 0.3 is 0 Å². The summed E-state index contributed by atoms with van der Waals surface area (Å²) < 4.78 is 27.9. The number of para-hydroxylation sites is 2. The van der Waals surface area contributed by atoms with Crippen molar-refractivity contribution in [3.05, 3.63) is 90.5 Å². The van der Waals surface area contributed by atoms with E-state index >= 15 is 0 Å². The highest BCUT2D eigenvalue weighted by atomic mass is 32.2. The highest BCUT2D eigenvalue weighted by Crippen LogP contribution is 2.26. The summed E-state index contributed by atoms with van der Waals surface area (Å²) in [7, 11) is -4.13. The summed E-state index contributed by atoms with van der Waals surface area (Å²) in [6.45, 7) is 3.95. The highest BCUT2D eigenvalue weighted by molar-refractivity contribution is 7.92. The van der Waals surface area contributed by atoms with Gasteiger partial charge in [0.15, 0.2) is 5.75 Å². The molecule has 1 aliphatic rings. The molecule has 1 N–H and O–H groups in total. The maximum Gasteiger partial charge on any atom is 0.295 e. The fraction of sp³-hybridized carbons (Fsp3) is 0.259. The van der Waals surface area contributed by atoms with Crippen LogP contribution in [0.4, 0.5) is 5.69 Å². The molecule has 0 unspecified atom stereocenters. The van der Waals surface area contributed by atoms with E-state index in [1.165, 1.54) is 24.3 Å². The van der Waals surface area contributed by atoms with Crippen LogP contribution in [0.1, 0.15) is 30.1 Å². The molecule has 0 radical (unpaired) electrons. The molecule has 0 aliphatic carbocycles. The Balaban J connectivity index is 1.47. The van der Waals surface area contributed by atoms with Gasteiger partial charge in [0, 0.05) is 25.2 Å². The molecule has 9 nitrogen and oxygen atoms in total. The number of amides is 2. The van der Waals surface area contributed by atoms with E-state index in [4.69, 9.17) is 4.84 Å². The summed E-state index contributed by atoms with van der Waals surface area (Å²) in [5.41, 5.74) is 0.566. The van der Waals surface area contributed by atoms with Crippen LogP contribution in [-0.4, -0.2) is 56.4 Å². The molecule has 4 rings (SSSR count). The van der Waals surface area contributed by atoms with E-state index < -0.39 is 15.9 Å². The topological polar surface area (TPSA) is 99.3 Å². The summed E-state index contributed by atoms with van der Waals surface area (Å²) in [4.78, 5) is 31.0. The van der Waals surface area contributed by atoms with Gasteiger partial charge in [-0.15, -0.1) is 0 Å². The number of sulfonamides is 1. The normalized spacial score (nSPS) is 13.6. The number of hydrogen-bond donors (Lipinski definition) is 1. The number of hydrazine groups is 1. The third-order valence-electron chi connectivity index (χ3n) is 5.94. The SMILES string of the molecule is CCN(C(=O)CNC(=O)c1ccc(S(=O)(=O)N(Oc2ccccc2)c2ccccc2)cc1)N1CCCC1. The van der Waals surface area contributed by atoms with Crippen molar-refractivity contribution in [1.82, 2.24) is 15.3 Å². The van der Waals surface area contributed by atoms with Crippen LogP contribution >= 0.6 is 0 Å². The van der Waals surface area contributed by atoms with E-state index in [-0.39, 0.29) is 22.9 Å². The third kappa shape index (κ3) is 6.28. The van der Waals surface area contributed by atoms with E-state index in [2.05, 4.69) is 5.32 Å². The summed E-state index contributed by atoms with van der Waals surface area (Å²) in [6.07, 6.45) is 2.09. The van der Waals surface area contributed by atoms with E-state index in [1.807, 2.05) is 11.9 Å². The number of rotatable bonds is 10. The van der Waals surface area contributed by atoms with Crippen LogP contribution in [0.5, 0.6) is 5.75 Å². The molecule has 37 heavy (non-hydrogen) atoms. The number of carbonyl (C=O) groups excluding carboxylic acids is 2. The van der Waals surface area contributed by atoms with E-state index in [1.54, 1.807) is 65.7 Å². The Morgan fingerprint density at radius 2 is 1.49 bits per heavy atom. The first-order chi connectivity index (χ1) is 17.9. The Hall–Kier alpha value is -3.89. The first-order valence-electron chi connectivity index (χ1n) is 12.2. The maximum atomic E-state index is 13.5. The van der Waals surface area contributed by atoms with Gasteiger partial charge in [-0.3, -0.25) is 14.6 Å². The van der Waals surface area contributed by atoms with Gasteiger partial charge in [0.25, 0.3) is 21.8 Å². The third-order valence-corrected chi connectivity index (χ3v) is 7.53. The minimum atomic E-state index is -4.13. The Morgan fingerprint density at radius 1 is 0.892 bits per heavy atom. The summed E-state index contributed by atoms with van der Waals surface area (Å²) in [6, 6.07) is 22.6. The fourth-order valence-electron chi connectivity index (χ4n) is 4.07. The summed E-state index contributed by atoms with van der Waals surface area (Å²) in [5, 5.41) is 6.30. The van der Waals surface area contributed by atoms with Crippen LogP contribution in [0, 0.1) is 0 Å². The Kier molecular flexibility index (Phi) is 8.42. The van der Waals surface area contributed by atoms with Crippen LogP contribution in [0.25, 0.3) is 0 Å². The Morgan fingerprint density at radius 3 is 2.08 bits per heavy atom. The largest absolute Gasteiger partial charge is 0.364 e. The van der Waals surface area contributed by atoms with Crippen molar-refractivity contribution in [2.75, 3.05) is 30.6 Å². The zero-order chi connectivity index (χ0) is 26.3. The van der Waals surface area contributed by atoms with E-state index in [9.17, 15) is 18.0 Å². The second kappa shape index (κ2) is 11.9. The standard InChI is InChI=1S/C27H30N4O5S/c1-2-30(29-19-9-10-20-29)26(32)21-28-27(33)22-15-17-25(18-16-22)37(34,35)31(23-11-5-3-6-12-23)36-24-13-7-4-8-14-24/h3-8,11-18H,2,9-10,19-21H2,1H3,(H,28,33). The molecule has 1 heterocycles. The Labute approximate surface area is 217 Å². The smallest absolute Gasteiger partial charge is 0.295 e. The minimum Gasteiger partial charge on any atom is -0.364 e. The van der Waals surface area contributed by atoms with Gasteiger partial charge < -0.3 is 10.2 Å². The van der Waals surface area contributed by atoms with Gasteiger partial charge in [0.2, 0.25) is 0 Å². The van der Waals surface area contributed by atoms with Crippen molar-refractivity contribution in [3.63, 3.8) is 0 Å². The van der Waals surface area contributed by atoms with Crippen molar-refractivity contribution in [1.29, 1.82) is 0 Å². The zero-order valence-electron chi connectivity index (χ0n) is 20.6. The maximum absolute atomic E-state index is 13.5. The van der Waals surface area contributed by atoms with Gasteiger partial charge in [0.1, 0.15) is 0 Å². The number of carbonyl (C=O) groups is 2. The summed E-state index contributed by atoms with van der Waals surface area (Å²) in [5.74, 6) is -0.297. The van der Waals surface area contributed by atoms with Crippen molar-refractivity contribution >= 4 is 27.5 Å². The van der Waals surface area contributed by atoms with Crippen LogP contribution in [0.3, 0.4) is 0 Å². The monoisotopic (exact) mass is 522 g/mol. The van der Waals surface area contributed by atoms with Crippen molar-refractivity contribution in [3.8, 4) is 5.75 Å². The molecular formula is C27H30N4O5S. The van der Waals surface area contributed by atoms with Crippen LogP contribution < -0.4 is 14.6 Å². The lowest BCUT2D eigenvalue weighted by Crippen LogP contribution is -2.48. The van der Waals surface area contributed by atoms with Gasteiger partial charge in [-0.05, 0) is 68.3 Å². The van der Waals surface area contributed by atoms with Gasteiger partial charge in [0.05, 0.1) is 17.1 Å². The minimum absolute atomic E-state index is 0.0499. The second-order valence-corrected chi connectivity index (χ2v) is 10.2. The molecule has 0 spiro atoms. The van der Waals surface area contributed by atoms with E-state index in [0.717, 1.165) is 30.4 Å². The Bertz CT molecular complexity index is 1300. The average Bonchev–Trinajstić information content (AvgIpc) is 3.46. The van der Waals surface area contributed by atoms with Crippen LogP contribution in [0.2, 0.25) is 0 Å². The molecule has 10 heteroatoms. The van der Waals surface area contributed by atoms with Gasteiger partial charge in [-0.25, -0.2) is 5.01 Å². The lowest BCUT2D eigenvalue weighted by Gasteiger charge is -2.30. The molecule has 2 amide bonds. The molecule has 1 saturated heterocycles. The molecule has 0 bridgehead atoms. The first kappa shape index (κ1) is 26.2. The molecule has 3 aromatic carbocycles. The second-order valence-electron chi connectivity index (χ2n) is 8.45. The number of likely N-dealkylation sites (N-methyl/N-ethyl adjacent to an activating group) is 1. The number of nitrogens with zero attached hydrogens (tertiary/aromatic N) is 3. The molecule has 0 aromatic heterocycles. The molecular weight excluding hydrogens is 492 g/mol. The molecule has 1 fully saturated rings. The van der Waals surface area contributed by atoms with Crippen molar-refractivity contribution in [2.24, 2.45) is 0 Å². The number of hydrogen-bond acceptors (Lipinski definition) is 6.